The molecule has 29 heavy (non-hydrogen) atoms. The van der Waals surface area contributed by atoms with Gasteiger partial charge in [-0.1, -0.05) is 72.5 Å². The van der Waals surface area contributed by atoms with Gasteiger partial charge in [0.05, 0.1) is 11.5 Å². The molecule has 1 N–H and O–H groups in total. The van der Waals surface area contributed by atoms with E-state index < -0.39 is 11.7 Å². The topological polar surface area (TPSA) is 54.9 Å². The molecule has 152 valence electrons. The van der Waals surface area contributed by atoms with Crippen LogP contribution in [0.3, 0.4) is 0 Å². The smallest absolute Gasteiger partial charge is 0.300 e. The molecular weight excluding hydrogens is 419 g/mol. The van der Waals surface area contributed by atoms with Crippen LogP contribution in [0.4, 0.5) is 18.3 Å². The van der Waals surface area contributed by atoms with Gasteiger partial charge in [0.2, 0.25) is 11.0 Å². The monoisotopic (exact) mass is 437 g/mol. The maximum absolute atomic E-state index is 12.6. The molecule has 3 rings (SSSR count). The summed E-state index contributed by atoms with van der Waals surface area (Å²) < 4.78 is 38.5. The molecule has 0 aliphatic carbocycles. The average molecular weight is 438 g/mol. The van der Waals surface area contributed by atoms with Crippen LogP contribution in [-0.2, 0) is 16.7 Å². The van der Waals surface area contributed by atoms with Gasteiger partial charge in [-0.25, -0.2) is 0 Å². The van der Waals surface area contributed by atoms with E-state index >= 15 is 0 Å². The number of amides is 1. The van der Waals surface area contributed by atoms with Gasteiger partial charge in [-0.05, 0) is 29.7 Å². The van der Waals surface area contributed by atoms with Crippen molar-refractivity contribution in [1.82, 2.24) is 10.2 Å². The maximum atomic E-state index is 12.6. The molecule has 1 amide bonds. The van der Waals surface area contributed by atoms with Gasteiger partial charge in [-0.15, -0.1) is 10.2 Å². The number of alkyl halides is 3. The van der Waals surface area contributed by atoms with Crippen molar-refractivity contribution >= 4 is 34.1 Å². The zero-order chi connectivity index (χ0) is 20.9. The van der Waals surface area contributed by atoms with Crippen molar-refractivity contribution in [2.45, 2.75) is 35.5 Å². The lowest BCUT2D eigenvalue weighted by molar-refractivity contribution is -0.137. The van der Waals surface area contributed by atoms with Gasteiger partial charge in [-0.3, -0.25) is 10.1 Å². The minimum Gasteiger partial charge on any atom is -0.300 e. The van der Waals surface area contributed by atoms with Gasteiger partial charge in [0.1, 0.15) is 0 Å². The van der Waals surface area contributed by atoms with Crippen molar-refractivity contribution in [3.8, 4) is 0 Å². The molecule has 3 aromatic rings. The van der Waals surface area contributed by atoms with Crippen LogP contribution in [0.25, 0.3) is 0 Å². The predicted molar refractivity (Wildman–Crippen MR) is 109 cm³/mol. The van der Waals surface area contributed by atoms with Crippen LogP contribution < -0.4 is 5.32 Å². The molecule has 0 aliphatic rings. The van der Waals surface area contributed by atoms with E-state index in [1.165, 1.54) is 35.2 Å². The largest absolute Gasteiger partial charge is 0.416 e. The molecule has 0 saturated heterocycles. The zero-order valence-electron chi connectivity index (χ0n) is 15.4. The van der Waals surface area contributed by atoms with Crippen molar-refractivity contribution < 1.29 is 18.0 Å². The van der Waals surface area contributed by atoms with Crippen molar-refractivity contribution in [1.29, 1.82) is 0 Å². The van der Waals surface area contributed by atoms with Crippen LogP contribution >= 0.6 is 23.1 Å². The van der Waals surface area contributed by atoms with Gasteiger partial charge in [-0.2, -0.15) is 13.2 Å². The second kappa shape index (κ2) is 9.41. The van der Waals surface area contributed by atoms with Crippen LogP contribution in [0.5, 0.6) is 0 Å². The number of rotatable bonds is 7. The van der Waals surface area contributed by atoms with Crippen molar-refractivity contribution in [2.24, 2.45) is 0 Å². The Morgan fingerprint density at radius 3 is 2.41 bits per heavy atom. The molecule has 0 aliphatic heterocycles. The Morgan fingerprint density at radius 2 is 1.79 bits per heavy atom. The Hall–Kier alpha value is -2.39. The minimum absolute atomic E-state index is 0.144. The number of nitrogens with one attached hydrogen (secondary N) is 1. The van der Waals surface area contributed by atoms with Crippen LogP contribution in [0.1, 0.15) is 36.0 Å². The van der Waals surface area contributed by atoms with E-state index in [2.05, 4.69) is 15.5 Å². The standard InChI is InChI=1S/C20H18F3N3OS2/c1-2-16(14-6-4-3-5-7-14)17(27)24-18-25-26-19(29-18)28-12-13-8-10-15(11-9-13)20(21,22)23/h3-11,16H,2,12H2,1H3,(H,24,25,27)/t16-/m0/s1. The minimum atomic E-state index is -4.34. The third-order valence-electron chi connectivity index (χ3n) is 4.21. The molecule has 0 spiro atoms. The summed E-state index contributed by atoms with van der Waals surface area (Å²) in [7, 11) is 0. The molecule has 9 heteroatoms. The van der Waals surface area contributed by atoms with Gasteiger partial charge < -0.3 is 0 Å². The van der Waals surface area contributed by atoms with Gasteiger partial charge in [0.25, 0.3) is 0 Å². The fraction of sp³-hybridized carbons (Fsp3) is 0.250. The highest BCUT2D eigenvalue weighted by atomic mass is 32.2. The van der Waals surface area contributed by atoms with E-state index in [1.54, 1.807) is 0 Å². The van der Waals surface area contributed by atoms with Crippen LogP contribution in [0.15, 0.2) is 58.9 Å². The molecule has 4 nitrogen and oxygen atoms in total. The molecule has 1 heterocycles. The number of carbonyl (C=O) groups excluding carboxylic acids is 1. The summed E-state index contributed by atoms with van der Waals surface area (Å²) in [6.07, 6.45) is -3.68. The predicted octanol–water partition coefficient (Wildman–Crippen LogP) is 5.98. The van der Waals surface area contributed by atoms with Crippen LogP contribution in [0, 0.1) is 0 Å². The number of hydrogen-bond acceptors (Lipinski definition) is 5. The number of anilines is 1. The Bertz CT molecular complexity index is 944. The summed E-state index contributed by atoms with van der Waals surface area (Å²) in [6, 6.07) is 14.6. The zero-order valence-corrected chi connectivity index (χ0v) is 17.1. The van der Waals surface area contributed by atoms with E-state index in [1.807, 2.05) is 37.3 Å². The maximum Gasteiger partial charge on any atom is 0.416 e. The molecule has 0 unspecified atom stereocenters. The Balaban J connectivity index is 1.57. The van der Waals surface area contributed by atoms with Gasteiger partial charge >= 0.3 is 6.18 Å². The fourth-order valence-corrected chi connectivity index (χ4v) is 4.41. The number of benzene rings is 2. The SMILES string of the molecule is CC[C@H](C(=O)Nc1nnc(SCc2ccc(C(F)(F)F)cc2)s1)c1ccccc1. The lowest BCUT2D eigenvalue weighted by Gasteiger charge is -2.13. The van der Waals surface area contributed by atoms with Gasteiger partial charge in [0, 0.05) is 5.75 Å². The molecule has 0 saturated carbocycles. The third kappa shape index (κ3) is 5.80. The first-order valence-corrected chi connectivity index (χ1v) is 10.6. The second-order valence-corrected chi connectivity index (χ2v) is 8.42. The van der Waals surface area contributed by atoms with Crippen molar-refractivity contribution in [2.75, 3.05) is 5.32 Å². The first-order chi connectivity index (χ1) is 13.9. The van der Waals surface area contributed by atoms with Crippen LogP contribution in [0.2, 0.25) is 0 Å². The molecular formula is C20H18F3N3OS2. The summed E-state index contributed by atoms with van der Waals surface area (Å²) in [6.45, 7) is 1.95. The average Bonchev–Trinajstić information content (AvgIpc) is 3.15. The Labute approximate surface area is 174 Å². The Morgan fingerprint density at radius 1 is 1.10 bits per heavy atom. The summed E-state index contributed by atoms with van der Waals surface area (Å²) in [5.74, 6) is 0.0416. The summed E-state index contributed by atoms with van der Waals surface area (Å²) in [5, 5.41) is 11.2. The number of thioether (sulfide) groups is 1. The quantitative estimate of drug-likeness (QED) is 0.365. The molecule has 2 aromatic carbocycles. The van der Waals surface area contributed by atoms with E-state index in [0.29, 0.717) is 21.6 Å². The fourth-order valence-electron chi connectivity index (χ4n) is 2.70. The van der Waals surface area contributed by atoms with E-state index in [4.69, 9.17) is 0 Å². The number of halogens is 3. The Kier molecular flexibility index (Phi) is 6.92. The first kappa shape index (κ1) is 21.3. The summed E-state index contributed by atoms with van der Waals surface area (Å²) in [5.41, 5.74) is 1.02. The second-order valence-electron chi connectivity index (χ2n) is 6.22. The molecule has 0 radical (unpaired) electrons. The summed E-state index contributed by atoms with van der Waals surface area (Å²) >= 11 is 2.60. The lowest BCUT2D eigenvalue weighted by atomic mass is 9.96. The first-order valence-electron chi connectivity index (χ1n) is 8.85. The number of hydrogen-bond donors (Lipinski definition) is 1. The number of aromatic nitrogens is 2. The summed E-state index contributed by atoms with van der Waals surface area (Å²) in [4.78, 5) is 12.6. The normalized spacial score (nSPS) is 12.6. The highest BCUT2D eigenvalue weighted by molar-refractivity contribution is 8.00. The van der Waals surface area contributed by atoms with Gasteiger partial charge in [0.15, 0.2) is 4.34 Å². The third-order valence-corrected chi connectivity index (χ3v) is 6.25. The number of carbonyl (C=O) groups is 1. The lowest BCUT2D eigenvalue weighted by Crippen LogP contribution is -2.20. The van der Waals surface area contributed by atoms with Crippen molar-refractivity contribution in [3.63, 3.8) is 0 Å². The highest BCUT2D eigenvalue weighted by Gasteiger charge is 2.29. The van der Waals surface area contributed by atoms with E-state index in [-0.39, 0.29) is 11.8 Å². The van der Waals surface area contributed by atoms with E-state index in [0.717, 1.165) is 23.3 Å². The number of nitrogens with zero attached hydrogens (tertiary/aromatic N) is 2. The highest BCUT2D eigenvalue weighted by Crippen LogP contribution is 2.32. The molecule has 1 aromatic heterocycles. The van der Waals surface area contributed by atoms with Crippen LogP contribution in [-0.4, -0.2) is 16.1 Å². The molecule has 0 bridgehead atoms. The molecule has 0 fully saturated rings. The van der Waals surface area contributed by atoms with E-state index in [9.17, 15) is 18.0 Å². The molecule has 1 atom stereocenters. The van der Waals surface area contributed by atoms with Crippen molar-refractivity contribution in [3.05, 3.63) is 71.3 Å².